The minimum Gasteiger partial charge on any atom is -0.417 e. The summed E-state index contributed by atoms with van der Waals surface area (Å²) < 4.78 is 30.1. The predicted molar refractivity (Wildman–Crippen MR) is 78.3 cm³/mol. The molecule has 1 atom stereocenters. The smallest absolute Gasteiger partial charge is 0.388 e. The van der Waals surface area contributed by atoms with E-state index in [0.717, 1.165) is 0 Å². The summed E-state index contributed by atoms with van der Waals surface area (Å²) in [7, 11) is 0. The molecule has 0 radical (unpaired) electrons. The Hall–Kier alpha value is -2.94. The minimum atomic E-state index is -2.93. The first-order chi connectivity index (χ1) is 11.6. The molecule has 0 aromatic carbocycles. The van der Waals surface area contributed by atoms with E-state index in [-0.39, 0.29) is 12.4 Å². The van der Waals surface area contributed by atoms with Crippen molar-refractivity contribution in [1.29, 1.82) is 0 Å². The Morgan fingerprint density at radius 1 is 1.12 bits per heavy atom. The molecule has 0 amide bonds. The standard InChI is InChI=1S/C15H13F2N5O2/c16-15(17)24-13-6-3-4-10(19-13)8-22-9-12(20-21-22)14(23)11-5-1-2-7-18-11/h1-7,9,14-15,23H,8H2. The van der Waals surface area contributed by atoms with E-state index in [4.69, 9.17) is 0 Å². The lowest BCUT2D eigenvalue weighted by Crippen LogP contribution is -2.07. The number of ether oxygens (including phenoxy) is 1. The first-order valence-corrected chi connectivity index (χ1v) is 7.01. The van der Waals surface area contributed by atoms with Gasteiger partial charge in [0.15, 0.2) is 0 Å². The number of halogens is 2. The molecule has 3 heterocycles. The number of hydrogen-bond acceptors (Lipinski definition) is 6. The second-order valence-corrected chi connectivity index (χ2v) is 4.84. The van der Waals surface area contributed by atoms with Crippen molar-refractivity contribution in [2.75, 3.05) is 0 Å². The largest absolute Gasteiger partial charge is 0.417 e. The van der Waals surface area contributed by atoms with E-state index in [2.05, 4.69) is 25.0 Å². The predicted octanol–water partition coefficient (Wildman–Crippen LogP) is 1.80. The summed E-state index contributed by atoms with van der Waals surface area (Å²) in [6, 6.07) is 9.72. The van der Waals surface area contributed by atoms with E-state index in [9.17, 15) is 13.9 Å². The van der Waals surface area contributed by atoms with E-state index >= 15 is 0 Å². The van der Waals surface area contributed by atoms with Crippen LogP contribution in [0.2, 0.25) is 0 Å². The molecule has 9 heteroatoms. The van der Waals surface area contributed by atoms with Crippen molar-refractivity contribution >= 4 is 0 Å². The molecule has 0 bridgehead atoms. The number of hydrogen-bond donors (Lipinski definition) is 1. The van der Waals surface area contributed by atoms with Crippen molar-refractivity contribution in [3.05, 3.63) is 65.9 Å². The molecule has 0 aliphatic heterocycles. The first kappa shape index (κ1) is 15.9. The fourth-order valence-corrected chi connectivity index (χ4v) is 2.07. The summed E-state index contributed by atoms with van der Waals surface area (Å²) in [5.41, 5.74) is 1.25. The van der Waals surface area contributed by atoms with Gasteiger partial charge in [0.1, 0.15) is 11.8 Å². The fraction of sp³-hybridized carbons (Fsp3) is 0.200. The highest BCUT2D eigenvalue weighted by atomic mass is 19.3. The van der Waals surface area contributed by atoms with Crippen molar-refractivity contribution < 1.29 is 18.6 Å². The number of aliphatic hydroxyl groups excluding tert-OH is 1. The van der Waals surface area contributed by atoms with Crippen LogP contribution in [0.4, 0.5) is 8.78 Å². The third-order valence-electron chi connectivity index (χ3n) is 3.12. The molecule has 3 aromatic rings. The first-order valence-electron chi connectivity index (χ1n) is 7.01. The van der Waals surface area contributed by atoms with Crippen LogP contribution < -0.4 is 4.74 Å². The van der Waals surface area contributed by atoms with E-state index in [1.165, 1.54) is 10.7 Å². The highest BCUT2D eigenvalue weighted by Crippen LogP contribution is 2.17. The van der Waals surface area contributed by atoms with Crippen LogP contribution in [-0.4, -0.2) is 36.7 Å². The Balaban J connectivity index is 1.72. The van der Waals surface area contributed by atoms with Gasteiger partial charge in [-0.2, -0.15) is 8.78 Å². The molecule has 124 valence electrons. The SMILES string of the molecule is OC(c1ccccn1)c1cn(Cc2cccc(OC(F)F)n2)nn1. The molecule has 3 rings (SSSR count). The maximum Gasteiger partial charge on any atom is 0.388 e. The Morgan fingerprint density at radius 3 is 2.75 bits per heavy atom. The zero-order valence-electron chi connectivity index (χ0n) is 12.3. The van der Waals surface area contributed by atoms with Crippen LogP contribution in [0, 0.1) is 0 Å². The van der Waals surface area contributed by atoms with Crippen molar-refractivity contribution in [2.45, 2.75) is 19.3 Å². The summed E-state index contributed by atoms with van der Waals surface area (Å²) in [4.78, 5) is 8.02. The number of aromatic nitrogens is 5. The Bertz CT molecular complexity index is 797. The van der Waals surface area contributed by atoms with Gasteiger partial charge in [-0.1, -0.05) is 17.3 Å². The molecule has 0 saturated carbocycles. The normalized spacial score (nSPS) is 12.3. The van der Waals surface area contributed by atoms with Crippen molar-refractivity contribution in [2.24, 2.45) is 0 Å². The van der Waals surface area contributed by atoms with Crippen LogP contribution in [0.3, 0.4) is 0 Å². The summed E-state index contributed by atoms with van der Waals surface area (Å²) in [5, 5.41) is 18.0. The Labute approximate surface area is 135 Å². The maximum atomic E-state index is 12.2. The third-order valence-corrected chi connectivity index (χ3v) is 3.12. The van der Waals surface area contributed by atoms with Crippen molar-refractivity contribution in [3.63, 3.8) is 0 Å². The molecule has 0 aliphatic carbocycles. The molecule has 0 fully saturated rings. The van der Waals surface area contributed by atoms with Crippen LogP contribution >= 0.6 is 0 Å². The summed E-state index contributed by atoms with van der Waals surface area (Å²) >= 11 is 0. The number of alkyl halides is 2. The molecular formula is C15H13F2N5O2. The van der Waals surface area contributed by atoms with Crippen LogP contribution in [-0.2, 0) is 6.54 Å². The van der Waals surface area contributed by atoms with Gasteiger partial charge in [0, 0.05) is 12.3 Å². The molecule has 1 N–H and O–H groups in total. The lowest BCUT2D eigenvalue weighted by atomic mass is 10.2. The van der Waals surface area contributed by atoms with Gasteiger partial charge in [-0.15, -0.1) is 5.10 Å². The summed E-state index contributed by atoms with van der Waals surface area (Å²) in [5.74, 6) is -0.170. The highest BCUT2D eigenvalue weighted by Gasteiger charge is 2.16. The second kappa shape index (κ2) is 7.09. The van der Waals surface area contributed by atoms with E-state index < -0.39 is 12.7 Å². The highest BCUT2D eigenvalue weighted by molar-refractivity contribution is 5.18. The van der Waals surface area contributed by atoms with Gasteiger partial charge in [0.05, 0.1) is 24.1 Å². The van der Waals surface area contributed by atoms with E-state index in [1.54, 1.807) is 42.7 Å². The summed E-state index contributed by atoms with van der Waals surface area (Å²) in [6.07, 6.45) is 2.12. The van der Waals surface area contributed by atoms with Gasteiger partial charge in [-0.25, -0.2) is 9.67 Å². The lowest BCUT2D eigenvalue weighted by Gasteiger charge is -2.06. The molecule has 0 saturated heterocycles. The van der Waals surface area contributed by atoms with Crippen LogP contribution in [0.15, 0.2) is 48.8 Å². The van der Waals surface area contributed by atoms with Gasteiger partial charge in [-0.3, -0.25) is 4.98 Å². The van der Waals surface area contributed by atoms with Gasteiger partial charge in [0.2, 0.25) is 5.88 Å². The average Bonchev–Trinajstić information content (AvgIpc) is 3.03. The van der Waals surface area contributed by atoms with Crippen LogP contribution in [0.5, 0.6) is 5.88 Å². The summed E-state index contributed by atoms with van der Waals surface area (Å²) in [6.45, 7) is -2.73. The monoisotopic (exact) mass is 333 g/mol. The zero-order valence-corrected chi connectivity index (χ0v) is 12.3. The molecular weight excluding hydrogens is 320 g/mol. The number of rotatable bonds is 6. The van der Waals surface area contributed by atoms with Crippen molar-refractivity contribution in [3.8, 4) is 5.88 Å². The lowest BCUT2D eigenvalue weighted by molar-refractivity contribution is -0.0529. The molecule has 0 aliphatic rings. The minimum absolute atomic E-state index is 0.170. The quantitative estimate of drug-likeness (QED) is 0.740. The molecule has 7 nitrogen and oxygen atoms in total. The van der Waals surface area contributed by atoms with Gasteiger partial charge < -0.3 is 9.84 Å². The van der Waals surface area contributed by atoms with Crippen LogP contribution in [0.1, 0.15) is 23.2 Å². The van der Waals surface area contributed by atoms with Crippen molar-refractivity contribution in [1.82, 2.24) is 25.0 Å². The number of pyridine rings is 2. The molecule has 0 spiro atoms. The van der Waals surface area contributed by atoms with Gasteiger partial charge in [0.25, 0.3) is 0 Å². The molecule has 1 unspecified atom stereocenters. The van der Waals surface area contributed by atoms with Crippen LogP contribution in [0.25, 0.3) is 0 Å². The number of nitrogens with zero attached hydrogens (tertiary/aromatic N) is 5. The molecule has 3 aromatic heterocycles. The Morgan fingerprint density at radius 2 is 2.00 bits per heavy atom. The average molecular weight is 333 g/mol. The van der Waals surface area contributed by atoms with Gasteiger partial charge in [-0.05, 0) is 18.2 Å². The van der Waals surface area contributed by atoms with E-state index in [0.29, 0.717) is 17.1 Å². The zero-order chi connectivity index (χ0) is 16.9. The third kappa shape index (κ3) is 3.87. The van der Waals surface area contributed by atoms with Gasteiger partial charge >= 0.3 is 6.61 Å². The maximum absolute atomic E-state index is 12.2. The fourth-order valence-electron chi connectivity index (χ4n) is 2.07. The Kier molecular flexibility index (Phi) is 4.71. The van der Waals surface area contributed by atoms with E-state index in [1.807, 2.05) is 0 Å². The molecule has 24 heavy (non-hydrogen) atoms. The second-order valence-electron chi connectivity index (χ2n) is 4.84. The topological polar surface area (TPSA) is 86.0 Å². The number of aliphatic hydroxyl groups is 1.